The third kappa shape index (κ3) is 3.26. The second-order valence-electron chi connectivity index (χ2n) is 7.20. The Labute approximate surface area is 129 Å². The molecule has 21 heavy (non-hydrogen) atoms. The molecule has 1 aliphatic carbocycles. The smallest absolute Gasteiger partial charge is 0.0401 e. The Balaban J connectivity index is 1.78. The summed E-state index contributed by atoms with van der Waals surface area (Å²) in [5, 5.41) is 3.83. The van der Waals surface area contributed by atoms with Crippen molar-refractivity contribution < 1.29 is 0 Å². The first-order valence-electron chi connectivity index (χ1n) is 8.72. The number of hydrogen-bond acceptors (Lipinski definition) is 2. The van der Waals surface area contributed by atoms with Crippen molar-refractivity contribution in [2.45, 2.75) is 65.0 Å². The summed E-state index contributed by atoms with van der Waals surface area (Å²) in [6.45, 7) is 9.10. The summed E-state index contributed by atoms with van der Waals surface area (Å²) in [6.07, 6.45) is 7.16. The van der Waals surface area contributed by atoms with E-state index >= 15 is 0 Å². The Morgan fingerprint density at radius 1 is 1.10 bits per heavy atom. The van der Waals surface area contributed by atoms with E-state index in [4.69, 9.17) is 0 Å². The zero-order valence-corrected chi connectivity index (χ0v) is 13.9. The van der Waals surface area contributed by atoms with Crippen molar-refractivity contribution in [3.63, 3.8) is 0 Å². The summed E-state index contributed by atoms with van der Waals surface area (Å²) in [5.74, 6) is 0.888. The highest BCUT2D eigenvalue weighted by molar-refractivity contribution is 5.56. The molecule has 2 nitrogen and oxygen atoms in total. The van der Waals surface area contributed by atoms with E-state index in [1.165, 1.54) is 55.5 Å². The van der Waals surface area contributed by atoms with Crippen molar-refractivity contribution in [3.8, 4) is 0 Å². The molecule has 0 amide bonds. The second kappa shape index (κ2) is 6.39. The molecule has 0 spiro atoms. The fourth-order valence-electron chi connectivity index (χ4n) is 4.11. The molecule has 116 valence electrons. The van der Waals surface area contributed by atoms with Crippen molar-refractivity contribution in [2.24, 2.45) is 5.92 Å². The van der Waals surface area contributed by atoms with Gasteiger partial charge in [-0.1, -0.05) is 31.4 Å². The van der Waals surface area contributed by atoms with E-state index in [1.54, 1.807) is 0 Å². The summed E-state index contributed by atoms with van der Waals surface area (Å²) in [7, 11) is 0. The Hall–Kier alpha value is -1.02. The van der Waals surface area contributed by atoms with Gasteiger partial charge in [0.2, 0.25) is 0 Å². The standard InChI is InChI=1S/C19H30N2/c1-14-9-10-15(2)19(11-14)21-13-18(20-12-16(21)3)17-7-5-4-6-8-17/h9-11,16-18,20H,4-8,12-13H2,1-3H3. The van der Waals surface area contributed by atoms with Gasteiger partial charge in [-0.3, -0.25) is 0 Å². The van der Waals surface area contributed by atoms with E-state index in [0.29, 0.717) is 12.1 Å². The van der Waals surface area contributed by atoms with Crippen molar-refractivity contribution in [2.75, 3.05) is 18.0 Å². The highest BCUT2D eigenvalue weighted by Crippen LogP contribution is 2.31. The Morgan fingerprint density at radius 3 is 2.62 bits per heavy atom. The molecule has 2 unspecified atom stereocenters. The van der Waals surface area contributed by atoms with Gasteiger partial charge in [-0.05, 0) is 56.7 Å². The van der Waals surface area contributed by atoms with Gasteiger partial charge in [-0.25, -0.2) is 0 Å². The van der Waals surface area contributed by atoms with Crippen LogP contribution >= 0.6 is 0 Å². The molecular weight excluding hydrogens is 256 g/mol. The summed E-state index contributed by atoms with van der Waals surface area (Å²) < 4.78 is 0. The quantitative estimate of drug-likeness (QED) is 0.882. The molecule has 2 fully saturated rings. The van der Waals surface area contributed by atoms with E-state index in [2.05, 4.69) is 49.2 Å². The van der Waals surface area contributed by atoms with Crippen LogP contribution in [0.15, 0.2) is 18.2 Å². The molecule has 1 N–H and O–H groups in total. The molecule has 1 heterocycles. The number of hydrogen-bond donors (Lipinski definition) is 1. The average molecular weight is 286 g/mol. The first-order chi connectivity index (χ1) is 10.1. The summed E-state index contributed by atoms with van der Waals surface area (Å²) in [5.41, 5.74) is 4.23. The molecule has 0 radical (unpaired) electrons. The summed E-state index contributed by atoms with van der Waals surface area (Å²) in [4.78, 5) is 2.65. The van der Waals surface area contributed by atoms with Crippen LogP contribution in [0.2, 0.25) is 0 Å². The SMILES string of the molecule is Cc1ccc(C)c(N2CC(C3CCCCC3)NCC2C)c1. The summed E-state index contributed by atoms with van der Waals surface area (Å²) in [6, 6.07) is 8.14. The predicted molar refractivity (Wildman–Crippen MR) is 91.1 cm³/mol. The topological polar surface area (TPSA) is 15.3 Å². The lowest BCUT2D eigenvalue weighted by molar-refractivity contribution is 0.245. The monoisotopic (exact) mass is 286 g/mol. The maximum absolute atomic E-state index is 3.83. The zero-order valence-electron chi connectivity index (χ0n) is 13.9. The van der Waals surface area contributed by atoms with Gasteiger partial charge in [-0.15, -0.1) is 0 Å². The van der Waals surface area contributed by atoms with E-state index in [0.717, 1.165) is 12.5 Å². The Morgan fingerprint density at radius 2 is 1.86 bits per heavy atom. The number of nitrogens with zero attached hydrogens (tertiary/aromatic N) is 1. The van der Waals surface area contributed by atoms with Crippen LogP contribution in [0, 0.1) is 19.8 Å². The van der Waals surface area contributed by atoms with Gasteiger partial charge in [0.1, 0.15) is 0 Å². The number of rotatable bonds is 2. The largest absolute Gasteiger partial charge is 0.366 e. The molecule has 2 heteroatoms. The molecule has 1 saturated heterocycles. The van der Waals surface area contributed by atoms with Crippen molar-refractivity contribution >= 4 is 5.69 Å². The molecule has 1 saturated carbocycles. The lowest BCUT2D eigenvalue weighted by atomic mass is 9.82. The zero-order chi connectivity index (χ0) is 14.8. The number of nitrogens with one attached hydrogen (secondary N) is 1. The van der Waals surface area contributed by atoms with Gasteiger partial charge < -0.3 is 10.2 Å². The van der Waals surface area contributed by atoms with Crippen LogP contribution in [0.4, 0.5) is 5.69 Å². The molecule has 3 rings (SSSR count). The number of anilines is 1. The predicted octanol–water partition coefficient (Wildman–Crippen LogP) is 4.05. The van der Waals surface area contributed by atoms with E-state index in [9.17, 15) is 0 Å². The van der Waals surface area contributed by atoms with Crippen molar-refractivity contribution in [1.82, 2.24) is 5.32 Å². The van der Waals surface area contributed by atoms with Crippen molar-refractivity contribution in [3.05, 3.63) is 29.3 Å². The molecule has 1 aliphatic heterocycles. The fraction of sp³-hybridized carbons (Fsp3) is 0.684. The molecule has 0 bridgehead atoms. The fourth-order valence-corrected chi connectivity index (χ4v) is 4.11. The van der Waals surface area contributed by atoms with Crippen LogP contribution in [-0.4, -0.2) is 25.2 Å². The maximum atomic E-state index is 3.83. The van der Waals surface area contributed by atoms with E-state index in [-0.39, 0.29) is 0 Å². The first kappa shape index (κ1) is 14.9. The Bertz CT molecular complexity index is 476. The minimum absolute atomic E-state index is 0.588. The summed E-state index contributed by atoms with van der Waals surface area (Å²) >= 11 is 0. The minimum atomic E-state index is 0.588. The molecule has 2 atom stereocenters. The molecule has 2 aliphatic rings. The highest BCUT2D eigenvalue weighted by Gasteiger charge is 2.31. The van der Waals surface area contributed by atoms with Gasteiger partial charge in [0.15, 0.2) is 0 Å². The van der Waals surface area contributed by atoms with Crippen molar-refractivity contribution in [1.29, 1.82) is 0 Å². The van der Waals surface area contributed by atoms with E-state index < -0.39 is 0 Å². The van der Waals surface area contributed by atoms with Crippen LogP contribution in [0.25, 0.3) is 0 Å². The van der Waals surface area contributed by atoms with Gasteiger partial charge >= 0.3 is 0 Å². The van der Waals surface area contributed by atoms with Crippen LogP contribution in [0.1, 0.15) is 50.2 Å². The minimum Gasteiger partial charge on any atom is -0.366 e. The number of benzene rings is 1. The first-order valence-corrected chi connectivity index (χ1v) is 8.72. The van der Waals surface area contributed by atoms with Crippen LogP contribution in [-0.2, 0) is 0 Å². The van der Waals surface area contributed by atoms with E-state index in [1.807, 2.05) is 0 Å². The normalized spacial score (nSPS) is 27.9. The van der Waals surface area contributed by atoms with Gasteiger partial charge in [-0.2, -0.15) is 0 Å². The number of aryl methyl sites for hydroxylation is 2. The molecular formula is C19H30N2. The Kier molecular flexibility index (Phi) is 4.54. The molecule has 1 aromatic rings. The second-order valence-corrected chi connectivity index (χ2v) is 7.20. The molecule has 1 aromatic carbocycles. The van der Waals surface area contributed by atoms with Gasteiger partial charge in [0.05, 0.1) is 0 Å². The van der Waals surface area contributed by atoms with Gasteiger partial charge in [0.25, 0.3) is 0 Å². The van der Waals surface area contributed by atoms with Crippen LogP contribution in [0.3, 0.4) is 0 Å². The molecule has 0 aromatic heterocycles. The van der Waals surface area contributed by atoms with Gasteiger partial charge in [0, 0.05) is 30.9 Å². The van der Waals surface area contributed by atoms with Crippen LogP contribution < -0.4 is 10.2 Å². The van der Waals surface area contributed by atoms with Crippen LogP contribution in [0.5, 0.6) is 0 Å². The third-order valence-corrected chi connectivity index (χ3v) is 5.49. The lowest BCUT2D eigenvalue weighted by Gasteiger charge is -2.44. The highest BCUT2D eigenvalue weighted by atomic mass is 15.2. The maximum Gasteiger partial charge on any atom is 0.0401 e. The average Bonchev–Trinajstić information content (AvgIpc) is 2.51. The third-order valence-electron chi connectivity index (χ3n) is 5.49. The lowest BCUT2D eigenvalue weighted by Crippen LogP contribution is -2.58. The number of piperazine rings is 1.